The van der Waals surface area contributed by atoms with Crippen molar-refractivity contribution >= 4 is 17.3 Å². The fraction of sp³-hybridized carbons (Fsp3) is 0.342. The zero-order valence-corrected chi connectivity index (χ0v) is 25.4. The first-order valence-electron chi connectivity index (χ1n) is 15.8. The molecule has 0 radical (unpaired) electrons. The van der Waals surface area contributed by atoms with Gasteiger partial charge in [-0.1, -0.05) is 97.1 Å². The van der Waals surface area contributed by atoms with Crippen LogP contribution in [0.2, 0.25) is 0 Å². The van der Waals surface area contributed by atoms with Crippen molar-refractivity contribution in [2.45, 2.75) is 31.1 Å². The number of anilines is 2. The molecular formula is C38H44N4O. The zero-order chi connectivity index (χ0) is 29.6. The Morgan fingerprint density at radius 3 is 1.86 bits per heavy atom. The number of hydrogen-bond acceptors (Lipinski definition) is 4. The third-order valence-corrected chi connectivity index (χ3v) is 9.68. The molecular weight excluding hydrogens is 528 g/mol. The number of likely N-dealkylation sites (tertiary alicyclic amines) is 1. The molecule has 5 heteroatoms. The number of carbonyl (C=O) groups excluding carboxylic acids is 1. The number of nitrogens with zero attached hydrogens (tertiary/aromatic N) is 3. The van der Waals surface area contributed by atoms with Crippen LogP contribution in [0.1, 0.15) is 35.1 Å². The summed E-state index contributed by atoms with van der Waals surface area (Å²) >= 11 is 0. The molecule has 5 nitrogen and oxygen atoms in total. The van der Waals surface area contributed by atoms with E-state index in [0.717, 1.165) is 76.1 Å². The molecule has 2 heterocycles. The summed E-state index contributed by atoms with van der Waals surface area (Å²) in [5.41, 5.74) is 13.0. The van der Waals surface area contributed by atoms with Crippen molar-refractivity contribution in [1.82, 2.24) is 9.80 Å². The van der Waals surface area contributed by atoms with Crippen LogP contribution < -0.4 is 10.6 Å². The molecule has 1 atom stereocenters. The third-order valence-electron chi connectivity index (χ3n) is 9.68. The standard InChI is InChI=1S/C38H44N4O/c1-40(24-12-25-42-35-19-10-8-13-30(35)21-22-31-14-9-11-20-36(31)42)27-28-41-26-23-34(29-41)38(37(39)43,32-15-4-2-5-16-32)33-17-6-3-7-18-33/h2-11,13-20,34H,12,21-29H2,1H3,(H2,39,43). The van der Waals surface area contributed by atoms with E-state index >= 15 is 0 Å². The van der Waals surface area contributed by atoms with Crippen molar-refractivity contribution in [2.75, 3.05) is 51.2 Å². The van der Waals surface area contributed by atoms with E-state index in [1.807, 2.05) is 36.4 Å². The Balaban J connectivity index is 1.08. The van der Waals surface area contributed by atoms with Crippen LogP contribution in [0.3, 0.4) is 0 Å². The van der Waals surface area contributed by atoms with Gasteiger partial charge in [0.25, 0.3) is 0 Å². The van der Waals surface area contributed by atoms with Crippen molar-refractivity contribution in [2.24, 2.45) is 11.7 Å². The maximum atomic E-state index is 13.4. The largest absolute Gasteiger partial charge is 0.369 e. The quantitative estimate of drug-likeness (QED) is 0.238. The highest BCUT2D eigenvalue weighted by molar-refractivity contribution is 5.91. The number of para-hydroxylation sites is 2. The molecule has 4 aromatic rings. The van der Waals surface area contributed by atoms with Gasteiger partial charge in [-0.25, -0.2) is 0 Å². The van der Waals surface area contributed by atoms with Crippen LogP contribution in [0, 0.1) is 5.92 Å². The highest BCUT2D eigenvalue weighted by Crippen LogP contribution is 2.43. The molecule has 6 rings (SSSR count). The van der Waals surface area contributed by atoms with Crippen LogP contribution in [-0.4, -0.2) is 62.0 Å². The second-order valence-electron chi connectivity index (χ2n) is 12.3. The molecule has 1 saturated heterocycles. The number of benzene rings is 4. The van der Waals surface area contributed by atoms with Gasteiger partial charge in [0, 0.05) is 37.6 Å². The Hall–Kier alpha value is -3.93. The lowest BCUT2D eigenvalue weighted by atomic mass is 9.64. The van der Waals surface area contributed by atoms with Gasteiger partial charge in [-0.05, 0) is 86.1 Å². The van der Waals surface area contributed by atoms with Gasteiger partial charge in [-0.3, -0.25) is 4.79 Å². The number of aryl methyl sites for hydroxylation is 2. The first kappa shape index (κ1) is 29.2. The number of amides is 1. The molecule has 2 aliphatic heterocycles. The number of rotatable bonds is 11. The highest BCUT2D eigenvalue weighted by atomic mass is 16.1. The highest BCUT2D eigenvalue weighted by Gasteiger charge is 2.49. The van der Waals surface area contributed by atoms with Gasteiger partial charge in [0.05, 0.1) is 0 Å². The van der Waals surface area contributed by atoms with E-state index in [0.29, 0.717) is 0 Å². The third kappa shape index (κ3) is 5.97. The van der Waals surface area contributed by atoms with E-state index in [9.17, 15) is 4.79 Å². The first-order chi connectivity index (χ1) is 21.1. The van der Waals surface area contributed by atoms with Gasteiger partial charge >= 0.3 is 0 Å². The number of primary amides is 1. The molecule has 0 aromatic heterocycles. The summed E-state index contributed by atoms with van der Waals surface area (Å²) in [6.45, 7) is 5.87. The molecule has 2 aliphatic rings. The minimum Gasteiger partial charge on any atom is -0.369 e. The maximum Gasteiger partial charge on any atom is 0.232 e. The van der Waals surface area contributed by atoms with E-state index in [2.05, 4.69) is 94.5 Å². The van der Waals surface area contributed by atoms with Crippen molar-refractivity contribution in [3.8, 4) is 0 Å². The summed E-state index contributed by atoms with van der Waals surface area (Å²) in [5, 5.41) is 0. The fourth-order valence-corrected chi connectivity index (χ4v) is 7.45. The summed E-state index contributed by atoms with van der Waals surface area (Å²) in [5.74, 6) is -0.131. The first-order valence-corrected chi connectivity index (χ1v) is 15.8. The molecule has 0 saturated carbocycles. The van der Waals surface area contributed by atoms with Crippen LogP contribution in [0.25, 0.3) is 0 Å². The SMILES string of the molecule is CN(CCCN1c2ccccc2CCc2ccccc21)CCN1CCC(C(C(N)=O)(c2ccccc2)c2ccccc2)C1. The lowest BCUT2D eigenvalue weighted by Gasteiger charge is -2.37. The number of carbonyl (C=O) groups is 1. The minimum absolute atomic E-state index is 0.128. The minimum atomic E-state index is -0.830. The lowest BCUT2D eigenvalue weighted by Crippen LogP contribution is -2.49. The normalized spacial score (nSPS) is 17.0. The average molecular weight is 573 g/mol. The summed E-state index contributed by atoms with van der Waals surface area (Å²) in [6, 6.07) is 38.1. The molecule has 0 aliphatic carbocycles. The zero-order valence-electron chi connectivity index (χ0n) is 25.4. The second-order valence-corrected chi connectivity index (χ2v) is 12.3. The van der Waals surface area contributed by atoms with Gasteiger partial charge in [0.2, 0.25) is 5.91 Å². The molecule has 222 valence electrons. The van der Waals surface area contributed by atoms with Gasteiger partial charge in [0.15, 0.2) is 0 Å². The molecule has 4 aromatic carbocycles. The molecule has 43 heavy (non-hydrogen) atoms. The van der Waals surface area contributed by atoms with Gasteiger partial charge in [0.1, 0.15) is 5.41 Å². The summed E-state index contributed by atoms with van der Waals surface area (Å²) in [4.78, 5) is 20.9. The summed E-state index contributed by atoms with van der Waals surface area (Å²) in [6.07, 6.45) is 4.22. The predicted octanol–water partition coefficient (Wildman–Crippen LogP) is 6.04. The molecule has 0 bridgehead atoms. The second kappa shape index (κ2) is 13.2. The Morgan fingerprint density at radius 1 is 0.767 bits per heavy atom. The molecule has 2 N–H and O–H groups in total. The van der Waals surface area contributed by atoms with Gasteiger partial charge in [-0.2, -0.15) is 0 Å². The number of likely N-dealkylation sites (N-methyl/N-ethyl adjacent to an activating group) is 1. The summed E-state index contributed by atoms with van der Waals surface area (Å²) in [7, 11) is 2.24. The van der Waals surface area contributed by atoms with Crippen LogP contribution in [0.15, 0.2) is 109 Å². The van der Waals surface area contributed by atoms with Crippen molar-refractivity contribution in [3.63, 3.8) is 0 Å². The van der Waals surface area contributed by atoms with Gasteiger partial charge < -0.3 is 20.4 Å². The fourth-order valence-electron chi connectivity index (χ4n) is 7.45. The smallest absolute Gasteiger partial charge is 0.232 e. The van der Waals surface area contributed by atoms with E-state index in [-0.39, 0.29) is 11.8 Å². The van der Waals surface area contributed by atoms with Crippen LogP contribution in [0.4, 0.5) is 11.4 Å². The van der Waals surface area contributed by atoms with Crippen molar-refractivity contribution < 1.29 is 4.79 Å². The molecule has 1 unspecified atom stereocenters. The Morgan fingerprint density at radius 2 is 1.30 bits per heavy atom. The van der Waals surface area contributed by atoms with Crippen molar-refractivity contribution in [3.05, 3.63) is 131 Å². The summed E-state index contributed by atoms with van der Waals surface area (Å²) < 4.78 is 0. The lowest BCUT2D eigenvalue weighted by molar-refractivity contribution is -0.123. The number of nitrogens with two attached hydrogens (primary N) is 1. The van der Waals surface area contributed by atoms with E-state index in [1.165, 1.54) is 22.5 Å². The van der Waals surface area contributed by atoms with E-state index in [1.54, 1.807) is 0 Å². The maximum absolute atomic E-state index is 13.4. The van der Waals surface area contributed by atoms with Gasteiger partial charge in [-0.15, -0.1) is 0 Å². The van der Waals surface area contributed by atoms with E-state index < -0.39 is 5.41 Å². The van der Waals surface area contributed by atoms with Crippen LogP contribution >= 0.6 is 0 Å². The monoisotopic (exact) mass is 572 g/mol. The Labute approximate surface area is 256 Å². The molecule has 1 fully saturated rings. The van der Waals surface area contributed by atoms with E-state index in [4.69, 9.17) is 5.73 Å². The number of hydrogen-bond donors (Lipinski definition) is 1. The average Bonchev–Trinajstić information content (AvgIpc) is 3.45. The molecule has 1 amide bonds. The Kier molecular flexibility index (Phi) is 8.92. The topological polar surface area (TPSA) is 52.8 Å². The molecule has 0 spiro atoms. The predicted molar refractivity (Wildman–Crippen MR) is 177 cm³/mol. The Bertz CT molecular complexity index is 1420. The van der Waals surface area contributed by atoms with Crippen LogP contribution in [0.5, 0.6) is 0 Å². The van der Waals surface area contributed by atoms with Crippen molar-refractivity contribution in [1.29, 1.82) is 0 Å². The van der Waals surface area contributed by atoms with Crippen LogP contribution in [-0.2, 0) is 23.1 Å². The number of fused-ring (bicyclic) bond motifs is 2.